The van der Waals surface area contributed by atoms with Gasteiger partial charge < -0.3 is 5.73 Å². The lowest BCUT2D eigenvalue weighted by Gasteiger charge is -2.04. The zero-order valence-corrected chi connectivity index (χ0v) is 7.28. The summed E-state index contributed by atoms with van der Waals surface area (Å²) in [6, 6.07) is 0. The second kappa shape index (κ2) is 5.39. The number of nitrogens with two attached hydrogens (primary N) is 1. The number of nitrogens with one attached hydrogen (secondary N) is 1. The third-order valence-electron chi connectivity index (χ3n) is 1.07. The lowest BCUT2D eigenvalue weighted by atomic mass is 10.5. The molecule has 0 aromatic rings. The van der Waals surface area contributed by atoms with E-state index < -0.39 is 23.0 Å². The molecular formula is C5H12F2N2O2S. The van der Waals surface area contributed by atoms with Gasteiger partial charge in [-0.05, 0) is 13.0 Å². The number of halogens is 2. The van der Waals surface area contributed by atoms with Gasteiger partial charge in [0.2, 0.25) is 10.0 Å². The van der Waals surface area contributed by atoms with Crippen LogP contribution in [0.5, 0.6) is 0 Å². The van der Waals surface area contributed by atoms with Gasteiger partial charge in [-0.3, -0.25) is 0 Å². The minimum Gasteiger partial charge on any atom is -0.330 e. The van der Waals surface area contributed by atoms with Gasteiger partial charge in [0.25, 0.3) is 6.43 Å². The molecule has 0 saturated carbocycles. The Kier molecular flexibility index (Phi) is 5.27. The molecular weight excluding hydrogens is 190 g/mol. The Morgan fingerprint density at radius 3 is 2.42 bits per heavy atom. The summed E-state index contributed by atoms with van der Waals surface area (Å²) < 4.78 is 46.4. The first-order valence-electron chi connectivity index (χ1n) is 3.43. The maximum Gasteiger partial charge on any atom is 0.251 e. The molecule has 0 aliphatic rings. The molecule has 0 unspecified atom stereocenters. The molecule has 0 saturated heterocycles. The molecule has 0 aliphatic carbocycles. The fourth-order valence-corrected chi connectivity index (χ4v) is 1.61. The molecule has 0 heterocycles. The molecule has 7 heteroatoms. The van der Waals surface area contributed by atoms with Crippen molar-refractivity contribution in [1.29, 1.82) is 0 Å². The van der Waals surface area contributed by atoms with Crippen LogP contribution in [0.4, 0.5) is 8.78 Å². The highest BCUT2D eigenvalue weighted by molar-refractivity contribution is 7.89. The molecule has 0 bridgehead atoms. The van der Waals surface area contributed by atoms with Gasteiger partial charge >= 0.3 is 0 Å². The van der Waals surface area contributed by atoms with Gasteiger partial charge in [-0.25, -0.2) is 21.9 Å². The van der Waals surface area contributed by atoms with Gasteiger partial charge in [-0.1, -0.05) is 0 Å². The Morgan fingerprint density at radius 2 is 2.00 bits per heavy atom. The van der Waals surface area contributed by atoms with Crippen molar-refractivity contribution in [3.63, 3.8) is 0 Å². The van der Waals surface area contributed by atoms with Crippen LogP contribution in [0.25, 0.3) is 0 Å². The zero-order valence-electron chi connectivity index (χ0n) is 6.46. The molecule has 0 amide bonds. The largest absolute Gasteiger partial charge is 0.330 e. The van der Waals surface area contributed by atoms with E-state index in [1.807, 2.05) is 0 Å². The number of hydrogen-bond acceptors (Lipinski definition) is 3. The molecule has 0 radical (unpaired) electrons. The van der Waals surface area contributed by atoms with Crippen molar-refractivity contribution in [3.8, 4) is 0 Å². The summed E-state index contributed by atoms with van der Waals surface area (Å²) in [6.07, 6.45) is -2.38. The maximum atomic E-state index is 11.5. The summed E-state index contributed by atoms with van der Waals surface area (Å²) in [5, 5.41) is 0. The Bertz CT molecular complexity index is 205. The molecule has 0 fully saturated rings. The van der Waals surface area contributed by atoms with Gasteiger partial charge in [0, 0.05) is 0 Å². The number of hydrogen-bond donors (Lipinski definition) is 2. The number of sulfonamides is 1. The van der Waals surface area contributed by atoms with Crippen molar-refractivity contribution < 1.29 is 17.2 Å². The van der Waals surface area contributed by atoms with Crippen molar-refractivity contribution in [2.75, 3.05) is 18.8 Å². The summed E-state index contributed by atoms with van der Waals surface area (Å²) in [7, 11) is -3.55. The molecule has 0 atom stereocenters. The minimum absolute atomic E-state index is 0.198. The lowest BCUT2D eigenvalue weighted by Crippen LogP contribution is -2.31. The third-order valence-corrected chi connectivity index (χ3v) is 2.51. The highest BCUT2D eigenvalue weighted by Crippen LogP contribution is 1.92. The van der Waals surface area contributed by atoms with E-state index in [-0.39, 0.29) is 18.7 Å². The Labute approximate surface area is 70.2 Å². The number of rotatable bonds is 6. The van der Waals surface area contributed by atoms with E-state index in [9.17, 15) is 17.2 Å². The molecule has 4 nitrogen and oxygen atoms in total. The fourth-order valence-electron chi connectivity index (χ4n) is 0.535. The van der Waals surface area contributed by atoms with Crippen LogP contribution in [0.3, 0.4) is 0 Å². The zero-order chi connectivity index (χ0) is 9.61. The van der Waals surface area contributed by atoms with Crippen molar-refractivity contribution >= 4 is 10.0 Å². The summed E-state index contributed by atoms with van der Waals surface area (Å²) in [5.41, 5.74) is 5.05. The van der Waals surface area contributed by atoms with E-state index in [2.05, 4.69) is 0 Å². The van der Waals surface area contributed by atoms with E-state index in [0.29, 0.717) is 0 Å². The van der Waals surface area contributed by atoms with Crippen molar-refractivity contribution in [1.82, 2.24) is 4.72 Å². The van der Waals surface area contributed by atoms with Crippen LogP contribution in [-0.2, 0) is 10.0 Å². The SMILES string of the molecule is NCCCS(=O)(=O)NCC(F)F. The maximum absolute atomic E-state index is 11.5. The quantitative estimate of drug-likeness (QED) is 0.611. The van der Waals surface area contributed by atoms with Crippen LogP contribution in [-0.4, -0.2) is 33.7 Å². The van der Waals surface area contributed by atoms with E-state index in [1.54, 1.807) is 4.72 Å². The van der Waals surface area contributed by atoms with Gasteiger partial charge in [-0.2, -0.15) is 0 Å². The average Bonchev–Trinajstić information content (AvgIpc) is 1.98. The molecule has 3 N–H and O–H groups in total. The molecule has 0 spiro atoms. The van der Waals surface area contributed by atoms with Gasteiger partial charge in [-0.15, -0.1) is 0 Å². The third kappa shape index (κ3) is 6.44. The van der Waals surface area contributed by atoms with Crippen LogP contribution in [0.2, 0.25) is 0 Å². The first-order valence-corrected chi connectivity index (χ1v) is 5.08. The number of alkyl halides is 2. The predicted molar refractivity (Wildman–Crippen MR) is 41.5 cm³/mol. The Hall–Kier alpha value is -0.270. The summed E-state index contributed by atoms with van der Waals surface area (Å²) >= 11 is 0. The van der Waals surface area contributed by atoms with Crippen LogP contribution in [0.15, 0.2) is 0 Å². The predicted octanol–water partition coefficient (Wildman–Crippen LogP) is -0.480. The Balaban J connectivity index is 3.73. The monoisotopic (exact) mass is 202 g/mol. The summed E-state index contributed by atoms with van der Waals surface area (Å²) in [6.45, 7) is -0.595. The van der Waals surface area contributed by atoms with Gasteiger partial charge in [0.15, 0.2) is 0 Å². The minimum atomic E-state index is -3.55. The van der Waals surface area contributed by atoms with Crippen molar-refractivity contribution in [2.45, 2.75) is 12.8 Å². The molecule has 12 heavy (non-hydrogen) atoms. The first kappa shape index (κ1) is 11.7. The molecule has 0 aromatic carbocycles. The van der Waals surface area contributed by atoms with Gasteiger partial charge in [0.1, 0.15) is 0 Å². The van der Waals surface area contributed by atoms with E-state index >= 15 is 0 Å². The van der Waals surface area contributed by atoms with Crippen LogP contribution >= 0.6 is 0 Å². The van der Waals surface area contributed by atoms with E-state index in [1.165, 1.54) is 0 Å². The highest BCUT2D eigenvalue weighted by atomic mass is 32.2. The van der Waals surface area contributed by atoms with E-state index in [0.717, 1.165) is 0 Å². The Morgan fingerprint density at radius 1 is 1.42 bits per heavy atom. The fraction of sp³-hybridized carbons (Fsp3) is 1.00. The van der Waals surface area contributed by atoms with Gasteiger partial charge in [0.05, 0.1) is 12.3 Å². The molecule has 0 aliphatic heterocycles. The standard InChI is InChI=1S/C5H12F2N2O2S/c6-5(7)4-9-12(10,11)3-1-2-8/h5,9H,1-4,8H2. The second-order valence-electron chi connectivity index (χ2n) is 2.20. The topological polar surface area (TPSA) is 72.2 Å². The molecule has 0 aromatic heterocycles. The van der Waals surface area contributed by atoms with E-state index in [4.69, 9.17) is 5.73 Å². The van der Waals surface area contributed by atoms with Crippen molar-refractivity contribution in [2.24, 2.45) is 5.73 Å². The second-order valence-corrected chi connectivity index (χ2v) is 4.13. The smallest absolute Gasteiger partial charge is 0.251 e. The normalized spacial score (nSPS) is 12.3. The molecule has 0 rings (SSSR count). The molecule has 74 valence electrons. The highest BCUT2D eigenvalue weighted by Gasteiger charge is 2.11. The van der Waals surface area contributed by atoms with Crippen molar-refractivity contribution in [3.05, 3.63) is 0 Å². The summed E-state index contributed by atoms with van der Waals surface area (Å²) in [4.78, 5) is 0. The summed E-state index contributed by atoms with van der Waals surface area (Å²) in [5.74, 6) is -0.198. The van der Waals surface area contributed by atoms with Crippen LogP contribution in [0.1, 0.15) is 6.42 Å². The first-order chi connectivity index (χ1) is 5.48. The lowest BCUT2D eigenvalue weighted by molar-refractivity contribution is 0.153. The van der Waals surface area contributed by atoms with Crippen LogP contribution in [0, 0.1) is 0 Å². The van der Waals surface area contributed by atoms with Crippen LogP contribution < -0.4 is 10.5 Å². The average molecular weight is 202 g/mol.